The van der Waals surface area contributed by atoms with E-state index in [1.807, 2.05) is 103 Å². The molecule has 4 aromatic rings. The second-order valence-electron chi connectivity index (χ2n) is 12.1. The van der Waals surface area contributed by atoms with Crippen LogP contribution in [0.2, 0.25) is 5.02 Å². The highest BCUT2D eigenvalue weighted by atomic mass is 35.5. The molecule has 0 saturated carbocycles. The number of ether oxygens (including phenoxy) is 2. The van der Waals surface area contributed by atoms with Crippen LogP contribution in [0, 0.1) is 0 Å². The number of hydrogen-bond acceptors (Lipinski definition) is 6. The van der Waals surface area contributed by atoms with Gasteiger partial charge in [0.15, 0.2) is 6.29 Å². The Labute approximate surface area is 274 Å². The number of amides is 2. The summed E-state index contributed by atoms with van der Waals surface area (Å²) >= 11 is 6.07. The second kappa shape index (κ2) is 14.8. The number of hydrogen-bond donors (Lipinski definition) is 4. The Morgan fingerprint density at radius 2 is 1.61 bits per heavy atom. The topological polar surface area (TPSA) is 103 Å². The average Bonchev–Trinajstić information content (AvgIpc) is 3.09. The van der Waals surface area contributed by atoms with E-state index in [-0.39, 0.29) is 24.8 Å². The first-order valence-corrected chi connectivity index (χ1v) is 16.1. The number of aliphatic hydroxyl groups is 2. The molecule has 0 spiro atoms. The summed E-state index contributed by atoms with van der Waals surface area (Å²) in [5, 5.41) is 27.4. The second-order valence-corrected chi connectivity index (χ2v) is 12.5. The van der Waals surface area contributed by atoms with Crippen molar-refractivity contribution >= 4 is 23.3 Å². The van der Waals surface area contributed by atoms with Crippen LogP contribution in [0.25, 0.3) is 0 Å². The maximum Gasteiger partial charge on any atom is 0.319 e. The van der Waals surface area contributed by atoms with Crippen molar-refractivity contribution in [3.8, 4) is 0 Å². The van der Waals surface area contributed by atoms with Crippen molar-refractivity contribution in [2.45, 2.75) is 56.5 Å². The number of nitrogens with one attached hydrogen (secondary N) is 2. The monoisotopic (exact) mass is 641 g/mol. The number of aliphatic hydroxyl groups excluding tert-OH is 1. The van der Waals surface area contributed by atoms with Gasteiger partial charge >= 0.3 is 6.03 Å². The maximum absolute atomic E-state index is 12.7. The summed E-state index contributed by atoms with van der Waals surface area (Å²) in [6.45, 7) is 2.57. The number of carbonyl (C=O) groups is 1. The summed E-state index contributed by atoms with van der Waals surface area (Å²) in [4.78, 5) is 15.0. The zero-order chi connectivity index (χ0) is 31.9. The van der Waals surface area contributed by atoms with Gasteiger partial charge < -0.3 is 35.2 Å². The van der Waals surface area contributed by atoms with Gasteiger partial charge in [0, 0.05) is 48.9 Å². The number of likely N-dealkylation sites (tertiary alicyclic amines) is 1. The van der Waals surface area contributed by atoms with Gasteiger partial charge in [0.25, 0.3) is 0 Å². The van der Waals surface area contributed by atoms with E-state index >= 15 is 0 Å². The average molecular weight is 642 g/mol. The molecule has 2 saturated heterocycles. The minimum Gasteiger partial charge on any atom is -0.392 e. The highest BCUT2D eigenvalue weighted by molar-refractivity contribution is 6.30. The first-order chi connectivity index (χ1) is 22.4. The van der Waals surface area contributed by atoms with E-state index < -0.39 is 11.9 Å². The van der Waals surface area contributed by atoms with E-state index in [0.29, 0.717) is 43.1 Å². The molecular formula is C37H40ClN3O5. The Bertz CT molecular complexity index is 1580. The number of rotatable bonds is 9. The van der Waals surface area contributed by atoms with Gasteiger partial charge in [-0.3, -0.25) is 0 Å². The molecule has 6 rings (SSSR count). The fourth-order valence-electron chi connectivity index (χ4n) is 6.19. The minimum atomic E-state index is -0.877. The molecule has 46 heavy (non-hydrogen) atoms. The molecule has 2 aliphatic heterocycles. The number of anilines is 1. The molecule has 2 aliphatic rings. The molecule has 2 amide bonds. The number of benzene rings is 4. The Kier molecular flexibility index (Phi) is 10.3. The third-order valence-corrected chi connectivity index (χ3v) is 9.11. The van der Waals surface area contributed by atoms with Crippen LogP contribution in [-0.4, -0.2) is 46.9 Å². The van der Waals surface area contributed by atoms with Gasteiger partial charge in [0.1, 0.15) is 0 Å². The molecule has 3 unspecified atom stereocenters. The normalized spacial score (nSPS) is 21.4. The molecule has 2 fully saturated rings. The summed E-state index contributed by atoms with van der Waals surface area (Å²) in [5.41, 5.74) is 4.33. The molecule has 0 aromatic heterocycles. The number of carbonyl (C=O) groups excluding carboxylic acids is 1. The lowest BCUT2D eigenvalue weighted by Gasteiger charge is -2.42. The minimum absolute atomic E-state index is 0.0176. The van der Waals surface area contributed by atoms with E-state index in [2.05, 4.69) is 15.5 Å². The van der Waals surface area contributed by atoms with Crippen molar-refractivity contribution < 1.29 is 24.5 Å². The first kappa shape index (κ1) is 32.2. The van der Waals surface area contributed by atoms with Crippen LogP contribution in [-0.2, 0) is 28.2 Å². The van der Waals surface area contributed by atoms with Crippen LogP contribution in [0.1, 0.15) is 59.5 Å². The standard InChI is InChI=1S/C37H40ClN3O5/c38-31-15-13-30(14-16-31)37(44)17-19-41(20-18-37)24-33-22-34(28-11-9-27(25-42)10-12-28)46-35(45-33)29-7-4-8-32(21-29)40-36(43)39-23-26-5-2-1-3-6-26/h1-16,21,33-35,42,44H,17-20,22-25H2,(H2,39,40,43). The molecule has 0 bridgehead atoms. The van der Waals surface area contributed by atoms with Crippen LogP contribution >= 0.6 is 11.6 Å². The summed E-state index contributed by atoms with van der Waals surface area (Å²) in [6.07, 6.45) is 0.895. The van der Waals surface area contributed by atoms with E-state index in [9.17, 15) is 15.0 Å². The lowest BCUT2D eigenvalue weighted by Crippen LogP contribution is -2.46. The maximum atomic E-state index is 12.7. The largest absolute Gasteiger partial charge is 0.392 e. The van der Waals surface area contributed by atoms with Crippen molar-refractivity contribution in [3.05, 3.63) is 136 Å². The van der Waals surface area contributed by atoms with Crippen molar-refractivity contribution in [3.63, 3.8) is 0 Å². The Balaban J connectivity index is 1.13. The molecule has 2 heterocycles. The van der Waals surface area contributed by atoms with E-state index in [4.69, 9.17) is 21.1 Å². The van der Waals surface area contributed by atoms with Gasteiger partial charge in [0.2, 0.25) is 0 Å². The lowest BCUT2D eigenvalue weighted by molar-refractivity contribution is -0.253. The number of piperidine rings is 1. The van der Waals surface area contributed by atoms with Crippen molar-refractivity contribution in [1.29, 1.82) is 0 Å². The van der Waals surface area contributed by atoms with E-state index in [1.165, 1.54) is 0 Å². The Morgan fingerprint density at radius 1 is 0.870 bits per heavy atom. The highest BCUT2D eigenvalue weighted by Gasteiger charge is 2.37. The van der Waals surface area contributed by atoms with Gasteiger partial charge in [-0.15, -0.1) is 0 Å². The number of halogens is 1. The number of nitrogens with zero attached hydrogens (tertiary/aromatic N) is 1. The highest BCUT2D eigenvalue weighted by Crippen LogP contribution is 2.40. The van der Waals surface area contributed by atoms with Crippen molar-refractivity contribution in [2.24, 2.45) is 0 Å². The quantitative estimate of drug-likeness (QED) is 0.163. The first-order valence-electron chi connectivity index (χ1n) is 15.8. The predicted octanol–water partition coefficient (Wildman–Crippen LogP) is 6.68. The van der Waals surface area contributed by atoms with Gasteiger partial charge in [-0.25, -0.2) is 4.79 Å². The van der Waals surface area contributed by atoms with Crippen LogP contribution < -0.4 is 10.6 Å². The van der Waals surface area contributed by atoms with E-state index in [1.54, 1.807) is 0 Å². The van der Waals surface area contributed by atoms with Crippen LogP contribution in [0.4, 0.5) is 10.5 Å². The third-order valence-electron chi connectivity index (χ3n) is 8.85. The summed E-state index contributed by atoms with van der Waals surface area (Å²) < 4.78 is 13.1. The summed E-state index contributed by atoms with van der Waals surface area (Å²) in [5.74, 6) is 0. The number of urea groups is 1. The van der Waals surface area contributed by atoms with Crippen molar-refractivity contribution in [2.75, 3.05) is 25.0 Å². The van der Waals surface area contributed by atoms with Gasteiger partial charge in [-0.2, -0.15) is 0 Å². The molecule has 0 radical (unpaired) electrons. The molecular weight excluding hydrogens is 602 g/mol. The van der Waals surface area contributed by atoms with Crippen LogP contribution in [0.15, 0.2) is 103 Å². The predicted molar refractivity (Wildman–Crippen MR) is 178 cm³/mol. The Hall–Kier alpha value is -3.76. The lowest BCUT2D eigenvalue weighted by atomic mass is 9.84. The fraction of sp³-hybridized carbons (Fsp3) is 0.324. The summed E-state index contributed by atoms with van der Waals surface area (Å²) in [7, 11) is 0. The molecule has 0 aliphatic carbocycles. The third kappa shape index (κ3) is 8.14. The van der Waals surface area contributed by atoms with Crippen LogP contribution in [0.3, 0.4) is 0 Å². The zero-order valence-corrected chi connectivity index (χ0v) is 26.4. The Morgan fingerprint density at radius 3 is 2.33 bits per heavy atom. The molecule has 8 nitrogen and oxygen atoms in total. The fourth-order valence-corrected chi connectivity index (χ4v) is 6.32. The molecule has 4 aromatic carbocycles. The SMILES string of the molecule is O=C(NCc1ccccc1)Nc1cccc(C2OC(CN3CCC(O)(c4ccc(Cl)cc4)CC3)CC(c3ccc(CO)cc3)O2)c1. The molecule has 9 heteroatoms. The van der Waals surface area contributed by atoms with Crippen molar-refractivity contribution in [1.82, 2.24) is 10.2 Å². The van der Waals surface area contributed by atoms with Gasteiger partial charge in [0.05, 0.1) is 24.4 Å². The van der Waals surface area contributed by atoms with Gasteiger partial charge in [-0.05, 0) is 59.4 Å². The summed E-state index contributed by atoms with van der Waals surface area (Å²) in [6, 6.07) is 32.3. The van der Waals surface area contributed by atoms with Gasteiger partial charge in [-0.1, -0.05) is 90.5 Å². The zero-order valence-electron chi connectivity index (χ0n) is 25.6. The van der Waals surface area contributed by atoms with E-state index in [0.717, 1.165) is 40.9 Å². The molecule has 240 valence electrons. The molecule has 3 atom stereocenters. The van der Waals surface area contributed by atoms with Crippen LogP contribution in [0.5, 0.6) is 0 Å². The molecule has 4 N–H and O–H groups in total. The smallest absolute Gasteiger partial charge is 0.319 e.